The van der Waals surface area contributed by atoms with E-state index in [4.69, 9.17) is 5.11 Å². The van der Waals surface area contributed by atoms with Crippen LogP contribution >= 0.6 is 0 Å². The predicted octanol–water partition coefficient (Wildman–Crippen LogP) is 2.01. The minimum Gasteiger partial charge on any atom is -0.481 e. The summed E-state index contributed by atoms with van der Waals surface area (Å²) in [6, 6.07) is 7.12. The summed E-state index contributed by atoms with van der Waals surface area (Å²) in [6.45, 7) is 3.60. The van der Waals surface area contributed by atoms with Gasteiger partial charge in [0.15, 0.2) is 0 Å². The summed E-state index contributed by atoms with van der Waals surface area (Å²) in [7, 11) is 0. The Hall–Kier alpha value is -2.70. The molecule has 0 saturated carbocycles. The number of aromatic amines is 1. The van der Waals surface area contributed by atoms with Crippen molar-refractivity contribution in [3.8, 4) is 0 Å². The van der Waals surface area contributed by atoms with Gasteiger partial charge < -0.3 is 15.4 Å². The highest BCUT2D eigenvalue weighted by Crippen LogP contribution is 2.12. The van der Waals surface area contributed by atoms with Crippen LogP contribution in [0.15, 0.2) is 29.1 Å². The van der Waals surface area contributed by atoms with Crippen molar-refractivity contribution in [2.75, 3.05) is 0 Å². The molecule has 1 aromatic carbocycles. The number of nitrogens with one attached hydrogen (secondary N) is 2. The van der Waals surface area contributed by atoms with Crippen LogP contribution in [-0.2, 0) is 16.0 Å². The summed E-state index contributed by atoms with van der Waals surface area (Å²) in [5, 5.41) is 12.1. The Morgan fingerprint density at radius 2 is 1.96 bits per heavy atom. The van der Waals surface area contributed by atoms with Gasteiger partial charge in [0.25, 0.3) is 5.56 Å². The van der Waals surface area contributed by atoms with E-state index in [-0.39, 0.29) is 24.3 Å². The summed E-state index contributed by atoms with van der Waals surface area (Å²) >= 11 is 0. The number of carboxylic acids is 1. The molecular weight excluding hydrogens is 322 g/mol. The Morgan fingerprint density at radius 1 is 1.24 bits per heavy atom. The first-order chi connectivity index (χ1) is 11.8. The van der Waals surface area contributed by atoms with Gasteiger partial charge in [-0.1, -0.05) is 12.1 Å². The molecule has 7 nitrogen and oxygen atoms in total. The van der Waals surface area contributed by atoms with Crippen LogP contribution in [0, 0.1) is 0 Å². The number of carbonyl (C=O) groups is 2. The van der Waals surface area contributed by atoms with E-state index in [9.17, 15) is 14.4 Å². The van der Waals surface area contributed by atoms with Crippen LogP contribution in [0.3, 0.4) is 0 Å². The van der Waals surface area contributed by atoms with Crippen LogP contribution in [-0.4, -0.2) is 32.5 Å². The largest absolute Gasteiger partial charge is 0.481 e. The molecule has 2 aromatic rings. The summed E-state index contributed by atoms with van der Waals surface area (Å²) in [6.07, 6.45) is 1.70. The number of H-pyrrole nitrogens is 1. The molecule has 0 atom stereocenters. The number of nitrogens with zero attached hydrogens (tertiary/aromatic N) is 1. The molecule has 0 radical (unpaired) electrons. The lowest BCUT2D eigenvalue weighted by molar-refractivity contribution is -0.137. The van der Waals surface area contributed by atoms with Crippen molar-refractivity contribution in [3.05, 3.63) is 40.4 Å². The summed E-state index contributed by atoms with van der Waals surface area (Å²) < 4.78 is 0. The third-order valence-electron chi connectivity index (χ3n) is 3.92. The van der Waals surface area contributed by atoms with Gasteiger partial charge in [0, 0.05) is 24.8 Å². The van der Waals surface area contributed by atoms with Crippen molar-refractivity contribution in [1.29, 1.82) is 0 Å². The molecule has 0 saturated heterocycles. The minimum atomic E-state index is -0.881. The fraction of sp³-hybridized carbons (Fsp3) is 0.444. The van der Waals surface area contributed by atoms with Crippen molar-refractivity contribution in [3.63, 3.8) is 0 Å². The molecule has 1 amide bonds. The van der Waals surface area contributed by atoms with Crippen molar-refractivity contribution in [1.82, 2.24) is 15.3 Å². The van der Waals surface area contributed by atoms with Gasteiger partial charge in [-0.05, 0) is 38.8 Å². The minimum absolute atomic E-state index is 0.00945. The Balaban J connectivity index is 1.87. The monoisotopic (exact) mass is 345 g/mol. The van der Waals surface area contributed by atoms with Crippen molar-refractivity contribution < 1.29 is 14.7 Å². The standard InChI is InChI=1S/C18H23N3O4/c1-18(2,11-10-16(23)24)21-15(22)9-5-8-14-19-13-7-4-3-6-12(13)17(25)20-14/h3-4,6-7H,5,8-11H2,1-2H3,(H,21,22)(H,23,24)(H,19,20,25). The molecular formula is C18H23N3O4. The number of aromatic nitrogens is 2. The van der Waals surface area contributed by atoms with Crippen molar-refractivity contribution in [2.45, 2.75) is 51.5 Å². The maximum Gasteiger partial charge on any atom is 0.303 e. The first kappa shape index (κ1) is 18.6. The number of aryl methyl sites for hydroxylation is 1. The van der Waals surface area contributed by atoms with E-state index in [1.54, 1.807) is 32.0 Å². The summed E-state index contributed by atoms with van der Waals surface area (Å²) in [4.78, 5) is 41.8. The maximum atomic E-state index is 12.0. The number of para-hydroxylation sites is 1. The molecule has 1 aromatic heterocycles. The molecule has 0 spiro atoms. The zero-order valence-corrected chi connectivity index (χ0v) is 14.5. The Bertz CT molecular complexity index is 826. The molecule has 0 aliphatic carbocycles. The fourth-order valence-corrected chi connectivity index (χ4v) is 2.59. The van der Waals surface area contributed by atoms with Gasteiger partial charge in [-0.15, -0.1) is 0 Å². The zero-order valence-electron chi connectivity index (χ0n) is 14.5. The Morgan fingerprint density at radius 3 is 2.68 bits per heavy atom. The van der Waals surface area contributed by atoms with Gasteiger partial charge in [-0.3, -0.25) is 14.4 Å². The fourth-order valence-electron chi connectivity index (χ4n) is 2.59. The van der Waals surface area contributed by atoms with Gasteiger partial charge in [0.05, 0.1) is 10.9 Å². The van der Waals surface area contributed by atoms with Crippen LogP contribution in [0.1, 0.15) is 45.4 Å². The molecule has 0 unspecified atom stereocenters. The summed E-state index contributed by atoms with van der Waals surface area (Å²) in [5.74, 6) is -0.464. The molecule has 3 N–H and O–H groups in total. The van der Waals surface area contributed by atoms with Gasteiger partial charge in [0.1, 0.15) is 5.82 Å². The number of aliphatic carboxylic acids is 1. The average Bonchev–Trinajstić information content (AvgIpc) is 2.53. The van der Waals surface area contributed by atoms with Crippen LogP contribution in [0.4, 0.5) is 0 Å². The number of rotatable bonds is 8. The second-order valence-corrected chi connectivity index (χ2v) is 6.71. The Kier molecular flexibility index (Phi) is 5.90. The third-order valence-corrected chi connectivity index (χ3v) is 3.92. The quantitative estimate of drug-likeness (QED) is 0.677. The second-order valence-electron chi connectivity index (χ2n) is 6.71. The normalized spacial score (nSPS) is 11.4. The van der Waals surface area contributed by atoms with E-state index in [1.165, 1.54) is 0 Å². The van der Waals surface area contributed by atoms with E-state index in [1.807, 2.05) is 6.07 Å². The molecule has 0 aliphatic heterocycles. The van der Waals surface area contributed by atoms with Crippen LogP contribution < -0.4 is 10.9 Å². The van der Waals surface area contributed by atoms with E-state index < -0.39 is 11.5 Å². The lowest BCUT2D eigenvalue weighted by atomic mass is 9.98. The van der Waals surface area contributed by atoms with E-state index in [0.717, 1.165) is 0 Å². The van der Waals surface area contributed by atoms with Crippen LogP contribution in [0.25, 0.3) is 10.9 Å². The Labute approximate surface area is 145 Å². The van der Waals surface area contributed by atoms with E-state index in [2.05, 4.69) is 15.3 Å². The lowest BCUT2D eigenvalue weighted by Crippen LogP contribution is -2.43. The van der Waals surface area contributed by atoms with Crippen LogP contribution in [0.5, 0.6) is 0 Å². The van der Waals surface area contributed by atoms with Gasteiger partial charge in [-0.25, -0.2) is 4.98 Å². The lowest BCUT2D eigenvalue weighted by Gasteiger charge is -2.25. The maximum absolute atomic E-state index is 12.0. The summed E-state index contributed by atoms with van der Waals surface area (Å²) in [5.41, 5.74) is -0.106. The van der Waals surface area contributed by atoms with Crippen LogP contribution in [0.2, 0.25) is 0 Å². The molecule has 1 heterocycles. The predicted molar refractivity (Wildman–Crippen MR) is 94.4 cm³/mol. The number of fused-ring (bicyclic) bond motifs is 1. The number of carboxylic acid groups (broad SMARTS) is 1. The molecule has 0 fully saturated rings. The van der Waals surface area contributed by atoms with E-state index in [0.29, 0.717) is 36.0 Å². The molecule has 0 aliphatic rings. The molecule has 2 rings (SSSR count). The highest BCUT2D eigenvalue weighted by atomic mass is 16.4. The number of benzene rings is 1. The van der Waals surface area contributed by atoms with Gasteiger partial charge >= 0.3 is 5.97 Å². The molecule has 0 bridgehead atoms. The second kappa shape index (κ2) is 7.92. The highest BCUT2D eigenvalue weighted by Gasteiger charge is 2.21. The SMILES string of the molecule is CC(C)(CCC(=O)O)NC(=O)CCCc1nc2ccccc2c(=O)[nH]1. The first-order valence-electron chi connectivity index (χ1n) is 8.27. The smallest absolute Gasteiger partial charge is 0.303 e. The van der Waals surface area contributed by atoms with Gasteiger partial charge in [-0.2, -0.15) is 0 Å². The van der Waals surface area contributed by atoms with Crippen molar-refractivity contribution in [2.24, 2.45) is 0 Å². The van der Waals surface area contributed by atoms with E-state index >= 15 is 0 Å². The molecule has 25 heavy (non-hydrogen) atoms. The topological polar surface area (TPSA) is 112 Å². The molecule has 134 valence electrons. The average molecular weight is 345 g/mol. The number of hydrogen-bond donors (Lipinski definition) is 3. The zero-order chi connectivity index (χ0) is 18.4. The van der Waals surface area contributed by atoms with Gasteiger partial charge in [0.2, 0.25) is 5.91 Å². The van der Waals surface area contributed by atoms with Crippen molar-refractivity contribution >= 4 is 22.8 Å². The number of hydrogen-bond acceptors (Lipinski definition) is 4. The molecule has 7 heteroatoms. The first-order valence-corrected chi connectivity index (χ1v) is 8.27. The number of carbonyl (C=O) groups excluding carboxylic acids is 1. The third kappa shape index (κ3) is 5.70. The highest BCUT2D eigenvalue weighted by molar-refractivity contribution is 5.77. The number of amides is 1.